The van der Waals surface area contributed by atoms with Crippen molar-refractivity contribution in [2.24, 2.45) is 5.92 Å². The molecule has 7 heteroatoms. The van der Waals surface area contributed by atoms with Crippen LogP contribution in [0.5, 0.6) is 0 Å². The zero-order chi connectivity index (χ0) is 19.3. The van der Waals surface area contributed by atoms with E-state index < -0.39 is 0 Å². The minimum absolute atomic E-state index is 0.0996. The topological polar surface area (TPSA) is 68.8 Å². The predicted octanol–water partition coefficient (Wildman–Crippen LogP) is 1.64. The first kappa shape index (κ1) is 19.3. The molecule has 1 aromatic rings. The van der Waals surface area contributed by atoms with Gasteiger partial charge in [-0.1, -0.05) is 0 Å². The largest absolute Gasteiger partial charge is 0.355 e. The number of rotatable bonds is 4. The lowest BCUT2D eigenvalue weighted by atomic mass is 9.97. The van der Waals surface area contributed by atoms with Crippen LogP contribution in [0.25, 0.3) is 0 Å². The number of aromatic nitrogens is 1. The first-order chi connectivity index (χ1) is 13.7. The molecular weight excluding hydrogens is 354 g/mol. The minimum Gasteiger partial charge on any atom is -0.355 e. The van der Waals surface area contributed by atoms with Gasteiger partial charge in [0, 0.05) is 51.3 Å². The number of pyridine rings is 1. The summed E-state index contributed by atoms with van der Waals surface area (Å²) < 4.78 is 0. The van der Waals surface area contributed by atoms with Gasteiger partial charge in [-0.25, -0.2) is 4.98 Å². The van der Waals surface area contributed by atoms with Gasteiger partial charge >= 0.3 is 0 Å². The molecule has 152 valence electrons. The molecule has 0 aromatic carbocycles. The molecule has 0 aliphatic carbocycles. The Labute approximate surface area is 167 Å². The van der Waals surface area contributed by atoms with Crippen LogP contribution in [-0.4, -0.2) is 67.5 Å². The number of imide groups is 1. The Balaban J connectivity index is 1.40. The van der Waals surface area contributed by atoms with Gasteiger partial charge in [-0.05, 0) is 57.3 Å². The molecular formula is C21H31N5O2. The van der Waals surface area contributed by atoms with Gasteiger partial charge in [0.15, 0.2) is 0 Å². The van der Waals surface area contributed by atoms with E-state index in [1.165, 1.54) is 24.3 Å². The van der Waals surface area contributed by atoms with Gasteiger partial charge in [0.05, 0.1) is 5.69 Å². The molecule has 0 radical (unpaired) electrons. The summed E-state index contributed by atoms with van der Waals surface area (Å²) in [6, 6.07) is 3.68. The lowest BCUT2D eigenvalue weighted by Crippen LogP contribution is -2.40. The van der Waals surface area contributed by atoms with Crippen LogP contribution in [0.2, 0.25) is 0 Å². The molecule has 3 saturated heterocycles. The molecule has 3 aliphatic heterocycles. The molecule has 7 nitrogen and oxygen atoms in total. The normalized spacial score (nSPS) is 23.1. The average molecular weight is 386 g/mol. The molecule has 3 fully saturated rings. The lowest BCUT2D eigenvalue weighted by Gasteiger charge is -2.29. The molecule has 1 N–H and O–H groups in total. The Hall–Kier alpha value is -1.99. The summed E-state index contributed by atoms with van der Waals surface area (Å²) in [6.07, 6.45) is 6.93. The Kier molecular flexibility index (Phi) is 6.22. The molecule has 1 aromatic heterocycles. The molecule has 0 saturated carbocycles. The van der Waals surface area contributed by atoms with Gasteiger partial charge < -0.3 is 15.1 Å². The Morgan fingerprint density at radius 2 is 1.79 bits per heavy atom. The van der Waals surface area contributed by atoms with Gasteiger partial charge in [-0.2, -0.15) is 0 Å². The average Bonchev–Trinajstić information content (AvgIpc) is 2.95. The molecule has 0 unspecified atom stereocenters. The van der Waals surface area contributed by atoms with Crippen molar-refractivity contribution < 1.29 is 9.59 Å². The quantitative estimate of drug-likeness (QED) is 0.795. The fourth-order valence-corrected chi connectivity index (χ4v) is 4.57. The molecule has 28 heavy (non-hydrogen) atoms. The highest BCUT2D eigenvalue weighted by atomic mass is 16.2. The summed E-state index contributed by atoms with van der Waals surface area (Å²) in [5.74, 6) is 1.48. The van der Waals surface area contributed by atoms with Crippen LogP contribution in [0.1, 0.15) is 38.5 Å². The van der Waals surface area contributed by atoms with Crippen molar-refractivity contribution in [3.05, 3.63) is 18.3 Å². The number of piperidine rings is 2. The van der Waals surface area contributed by atoms with Gasteiger partial charge in [-0.3, -0.25) is 14.5 Å². The summed E-state index contributed by atoms with van der Waals surface area (Å²) in [6.45, 7) is 7.55. The SMILES string of the molecule is O=C1CCCC(=O)N1c1ccnc(N2CCCN(CC3CCNCC3)CC2)c1. The summed E-state index contributed by atoms with van der Waals surface area (Å²) in [7, 11) is 0. The Bertz CT molecular complexity index is 688. The van der Waals surface area contributed by atoms with E-state index in [0.29, 0.717) is 24.9 Å². The van der Waals surface area contributed by atoms with Crippen molar-refractivity contribution in [3.8, 4) is 0 Å². The second kappa shape index (κ2) is 9.01. The van der Waals surface area contributed by atoms with E-state index in [0.717, 1.165) is 57.4 Å². The fourth-order valence-electron chi connectivity index (χ4n) is 4.57. The monoisotopic (exact) mass is 385 g/mol. The van der Waals surface area contributed by atoms with Gasteiger partial charge in [0.25, 0.3) is 0 Å². The molecule has 4 heterocycles. The number of anilines is 2. The van der Waals surface area contributed by atoms with E-state index in [9.17, 15) is 9.59 Å². The number of nitrogens with zero attached hydrogens (tertiary/aromatic N) is 4. The fraction of sp³-hybridized carbons (Fsp3) is 0.667. The third-order valence-electron chi connectivity index (χ3n) is 6.16. The molecule has 3 aliphatic rings. The number of carbonyl (C=O) groups excluding carboxylic acids is 2. The van der Waals surface area contributed by atoms with Crippen LogP contribution in [0.3, 0.4) is 0 Å². The maximum atomic E-state index is 12.2. The van der Waals surface area contributed by atoms with Crippen molar-refractivity contribution in [3.63, 3.8) is 0 Å². The van der Waals surface area contributed by atoms with Gasteiger partial charge in [-0.15, -0.1) is 0 Å². The minimum atomic E-state index is -0.0996. The van der Waals surface area contributed by atoms with Gasteiger partial charge in [0.1, 0.15) is 5.82 Å². The van der Waals surface area contributed by atoms with Crippen molar-refractivity contribution in [1.29, 1.82) is 0 Å². The van der Waals surface area contributed by atoms with E-state index in [1.54, 1.807) is 12.3 Å². The van der Waals surface area contributed by atoms with Crippen molar-refractivity contribution in [2.45, 2.75) is 38.5 Å². The van der Waals surface area contributed by atoms with Crippen LogP contribution < -0.4 is 15.1 Å². The summed E-state index contributed by atoms with van der Waals surface area (Å²) in [4.78, 5) is 35.3. The third-order valence-corrected chi connectivity index (χ3v) is 6.16. The lowest BCUT2D eigenvalue weighted by molar-refractivity contribution is -0.129. The van der Waals surface area contributed by atoms with Crippen LogP contribution in [0.4, 0.5) is 11.5 Å². The highest BCUT2D eigenvalue weighted by Crippen LogP contribution is 2.25. The Morgan fingerprint density at radius 1 is 1.00 bits per heavy atom. The maximum absolute atomic E-state index is 12.2. The Morgan fingerprint density at radius 3 is 2.57 bits per heavy atom. The van der Waals surface area contributed by atoms with E-state index in [1.807, 2.05) is 6.07 Å². The summed E-state index contributed by atoms with van der Waals surface area (Å²) in [5.41, 5.74) is 0.663. The zero-order valence-electron chi connectivity index (χ0n) is 16.6. The molecule has 0 bridgehead atoms. The van der Waals surface area contributed by atoms with Crippen molar-refractivity contribution in [1.82, 2.24) is 15.2 Å². The molecule has 4 rings (SSSR count). The first-order valence-electron chi connectivity index (χ1n) is 10.7. The van der Waals surface area contributed by atoms with Crippen LogP contribution >= 0.6 is 0 Å². The van der Waals surface area contributed by atoms with E-state index in [2.05, 4.69) is 20.1 Å². The van der Waals surface area contributed by atoms with Crippen LogP contribution in [-0.2, 0) is 9.59 Å². The second-order valence-electron chi connectivity index (χ2n) is 8.18. The highest BCUT2D eigenvalue weighted by Gasteiger charge is 2.28. The third kappa shape index (κ3) is 4.52. The molecule has 0 spiro atoms. The number of amides is 2. The summed E-state index contributed by atoms with van der Waals surface area (Å²) in [5, 5.41) is 3.44. The predicted molar refractivity (Wildman–Crippen MR) is 109 cm³/mol. The number of carbonyl (C=O) groups is 2. The van der Waals surface area contributed by atoms with Crippen molar-refractivity contribution >= 4 is 23.3 Å². The molecule has 0 atom stereocenters. The van der Waals surface area contributed by atoms with Crippen LogP contribution in [0.15, 0.2) is 18.3 Å². The smallest absolute Gasteiger partial charge is 0.233 e. The van der Waals surface area contributed by atoms with E-state index >= 15 is 0 Å². The number of hydrogen-bond donors (Lipinski definition) is 1. The first-order valence-corrected chi connectivity index (χ1v) is 10.7. The van der Waals surface area contributed by atoms with E-state index in [-0.39, 0.29) is 11.8 Å². The molecule has 2 amide bonds. The maximum Gasteiger partial charge on any atom is 0.233 e. The van der Waals surface area contributed by atoms with Crippen molar-refractivity contribution in [2.75, 3.05) is 55.6 Å². The highest BCUT2D eigenvalue weighted by molar-refractivity contribution is 6.16. The van der Waals surface area contributed by atoms with Gasteiger partial charge in [0.2, 0.25) is 11.8 Å². The van der Waals surface area contributed by atoms with Crippen LogP contribution in [0, 0.1) is 5.92 Å². The number of hydrogen-bond acceptors (Lipinski definition) is 6. The summed E-state index contributed by atoms with van der Waals surface area (Å²) >= 11 is 0. The second-order valence-corrected chi connectivity index (χ2v) is 8.18. The standard InChI is InChI=1S/C21H31N5O2/c27-20-3-1-4-21(28)26(20)18-7-10-23-19(15-18)25-12-2-11-24(13-14-25)16-17-5-8-22-9-6-17/h7,10,15,17,22H,1-6,8-9,11-14,16H2. The zero-order valence-corrected chi connectivity index (χ0v) is 16.6. The van der Waals surface area contributed by atoms with E-state index in [4.69, 9.17) is 0 Å². The number of nitrogens with one attached hydrogen (secondary N) is 1.